The molecule has 7 nitrogen and oxygen atoms in total. The normalized spacial score (nSPS) is 45.2. The third kappa shape index (κ3) is 2.57. The van der Waals surface area contributed by atoms with Crippen LogP contribution in [0, 0.1) is 5.92 Å². The summed E-state index contributed by atoms with van der Waals surface area (Å²) in [6.07, 6.45) is 0.937. The second-order valence-electron chi connectivity index (χ2n) is 5.98. The predicted molar refractivity (Wildman–Crippen MR) is 73.9 cm³/mol. The fourth-order valence-corrected chi connectivity index (χ4v) is 2.76. The molecule has 7 heteroatoms. The Morgan fingerprint density at radius 1 is 1.09 bits per heavy atom. The fourth-order valence-electron chi connectivity index (χ4n) is 2.76. The lowest BCUT2D eigenvalue weighted by molar-refractivity contribution is -0.451. The highest BCUT2D eigenvalue weighted by Crippen LogP contribution is 2.40. The minimum atomic E-state index is -1.12. The molecule has 2 aliphatic heterocycles. The van der Waals surface area contributed by atoms with E-state index >= 15 is 0 Å². The molecular weight excluding hydrogens is 292 g/mol. The van der Waals surface area contributed by atoms with Crippen molar-refractivity contribution in [1.82, 2.24) is 0 Å². The van der Waals surface area contributed by atoms with E-state index in [0.29, 0.717) is 13.2 Å². The Labute approximate surface area is 129 Å². The van der Waals surface area contributed by atoms with Crippen molar-refractivity contribution in [2.75, 3.05) is 34.0 Å². The minimum absolute atomic E-state index is 0.0865. The first-order chi connectivity index (χ1) is 10.4. The van der Waals surface area contributed by atoms with E-state index in [9.17, 15) is 4.79 Å². The molecule has 3 aliphatic rings. The van der Waals surface area contributed by atoms with Gasteiger partial charge in [0.25, 0.3) is 0 Å². The summed E-state index contributed by atoms with van der Waals surface area (Å²) in [5, 5.41) is 0. The average Bonchev–Trinajstić information content (AvgIpc) is 3.28. The molecule has 22 heavy (non-hydrogen) atoms. The van der Waals surface area contributed by atoms with Crippen molar-refractivity contribution >= 4 is 5.97 Å². The highest BCUT2D eigenvalue weighted by molar-refractivity contribution is 5.83. The number of methoxy groups -OCH3 is 2. The number of cyclic esters (lactones) is 1. The Morgan fingerprint density at radius 3 is 2.27 bits per heavy atom. The average molecular weight is 314 g/mol. The van der Waals surface area contributed by atoms with Crippen LogP contribution in [0.15, 0.2) is 11.6 Å². The van der Waals surface area contributed by atoms with Crippen LogP contribution in [0.4, 0.5) is 0 Å². The van der Waals surface area contributed by atoms with E-state index in [0.717, 1.165) is 5.57 Å². The lowest BCUT2D eigenvalue weighted by atomic mass is 10.0. The molecule has 2 fully saturated rings. The number of carbonyl (C=O) groups is 1. The van der Waals surface area contributed by atoms with Crippen molar-refractivity contribution < 1.29 is 33.2 Å². The van der Waals surface area contributed by atoms with Gasteiger partial charge in [0, 0.05) is 14.2 Å². The summed E-state index contributed by atoms with van der Waals surface area (Å²) in [7, 11) is 3.05. The van der Waals surface area contributed by atoms with E-state index < -0.39 is 23.8 Å². The van der Waals surface area contributed by atoms with Gasteiger partial charge >= 0.3 is 5.97 Å². The molecule has 2 saturated heterocycles. The Kier molecular flexibility index (Phi) is 4.03. The SMILES string of the molecule is CO[C@]1(C)O[C@H]2COCC3=C[C@H]3C(=O)OC[C@@H]2O[C@@]1(C)OC. The quantitative estimate of drug-likeness (QED) is 0.546. The highest BCUT2D eigenvalue weighted by atomic mass is 16.8. The van der Waals surface area contributed by atoms with E-state index in [1.807, 2.05) is 6.08 Å². The van der Waals surface area contributed by atoms with Gasteiger partial charge < -0.3 is 28.4 Å². The monoisotopic (exact) mass is 314 g/mol. The molecule has 0 amide bonds. The molecule has 0 radical (unpaired) electrons. The largest absolute Gasteiger partial charge is 0.462 e. The maximum Gasteiger partial charge on any atom is 0.317 e. The topological polar surface area (TPSA) is 72.5 Å². The molecule has 0 spiro atoms. The number of carbonyl (C=O) groups excluding carboxylic acids is 1. The maximum absolute atomic E-state index is 11.9. The summed E-state index contributed by atoms with van der Waals surface area (Å²) >= 11 is 0. The van der Waals surface area contributed by atoms with Crippen molar-refractivity contribution in [3.05, 3.63) is 11.6 Å². The first kappa shape index (κ1) is 15.9. The summed E-state index contributed by atoms with van der Waals surface area (Å²) in [6.45, 7) is 4.29. The van der Waals surface area contributed by atoms with Gasteiger partial charge in [-0.05, 0) is 19.4 Å². The van der Waals surface area contributed by atoms with E-state index in [4.69, 9.17) is 28.4 Å². The van der Waals surface area contributed by atoms with Crippen LogP contribution in [-0.2, 0) is 33.2 Å². The molecule has 0 unspecified atom stereocenters. The van der Waals surface area contributed by atoms with E-state index in [2.05, 4.69) is 0 Å². The Bertz CT molecular complexity index is 490. The van der Waals surface area contributed by atoms with Gasteiger partial charge in [-0.25, -0.2) is 0 Å². The van der Waals surface area contributed by atoms with Crippen LogP contribution >= 0.6 is 0 Å². The Hall–Kier alpha value is -0.990. The summed E-state index contributed by atoms with van der Waals surface area (Å²) in [5.41, 5.74) is 0.955. The van der Waals surface area contributed by atoms with Crippen LogP contribution in [0.2, 0.25) is 0 Å². The van der Waals surface area contributed by atoms with Crippen molar-refractivity contribution in [3.63, 3.8) is 0 Å². The zero-order valence-corrected chi connectivity index (χ0v) is 13.3. The third-order valence-corrected chi connectivity index (χ3v) is 4.64. The molecule has 0 bridgehead atoms. The van der Waals surface area contributed by atoms with Crippen LogP contribution in [0.25, 0.3) is 0 Å². The van der Waals surface area contributed by atoms with Gasteiger partial charge in [-0.15, -0.1) is 0 Å². The second kappa shape index (κ2) is 5.58. The van der Waals surface area contributed by atoms with Gasteiger partial charge in [-0.2, -0.15) is 0 Å². The lowest BCUT2D eigenvalue weighted by Crippen LogP contribution is -2.66. The Balaban J connectivity index is 1.78. The van der Waals surface area contributed by atoms with Gasteiger partial charge in [-0.1, -0.05) is 6.08 Å². The maximum atomic E-state index is 11.9. The Morgan fingerprint density at radius 2 is 1.68 bits per heavy atom. The van der Waals surface area contributed by atoms with E-state index in [-0.39, 0.29) is 18.5 Å². The molecular formula is C15H22O7. The molecule has 124 valence electrons. The number of fused-ring (bicyclic) bond motifs is 2. The molecule has 0 saturated carbocycles. The second-order valence-corrected chi connectivity index (χ2v) is 5.98. The molecule has 0 aromatic carbocycles. The predicted octanol–water partition coefficient (Wildman–Crippen LogP) is 0.625. The number of hydrogen-bond acceptors (Lipinski definition) is 7. The van der Waals surface area contributed by atoms with Crippen molar-refractivity contribution in [2.45, 2.75) is 37.6 Å². The van der Waals surface area contributed by atoms with Gasteiger partial charge in [0.05, 0.1) is 19.1 Å². The number of ether oxygens (including phenoxy) is 6. The first-order valence-electron chi connectivity index (χ1n) is 7.33. The van der Waals surface area contributed by atoms with Crippen LogP contribution in [0.1, 0.15) is 13.8 Å². The van der Waals surface area contributed by atoms with E-state index in [1.165, 1.54) is 14.2 Å². The zero-order chi connectivity index (χ0) is 16.0. The van der Waals surface area contributed by atoms with Crippen LogP contribution in [0.3, 0.4) is 0 Å². The third-order valence-electron chi connectivity index (χ3n) is 4.64. The van der Waals surface area contributed by atoms with Gasteiger partial charge in [0.1, 0.15) is 18.8 Å². The van der Waals surface area contributed by atoms with Crippen LogP contribution in [0.5, 0.6) is 0 Å². The molecule has 2 heterocycles. The lowest BCUT2D eigenvalue weighted by Gasteiger charge is -2.51. The standard InChI is InChI=1S/C15H22O7/c1-14(17-3)15(2,18-4)22-12-8-20-13(16)10-5-9(10)6-19-7-11(12)21-14/h5,10-12H,6-8H2,1-4H3/t10-,11+,12+,14-,15-/m1/s1. The van der Waals surface area contributed by atoms with Crippen LogP contribution in [-0.4, -0.2) is 63.8 Å². The minimum Gasteiger partial charge on any atom is -0.462 e. The van der Waals surface area contributed by atoms with Crippen molar-refractivity contribution in [1.29, 1.82) is 0 Å². The molecule has 0 N–H and O–H groups in total. The number of esters is 1. The summed E-state index contributed by atoms with van der Waals surface area (Å²) in [5.74, 6) is -2.73. The fraction of sp³-hybridized carbons (Fsp3) is 0.800. The molecule has 1 aliphatic carbocycles. The molecule has 0 aromatic heterocycles. The zero-order valence-electron chi connectivity index (χ0n) is 13.3. The molecule has 5 atom stereocenters. The van der Waals surface area contributed by atoms with Gasteiger partial charge in [0.2, 0.25) is 11.6 Å². The van der Waals surface area contributed by atoms with Gasteiger partial charge in [0.15, 0.2) is 0 Å². The highest BCUT2D eigenvalue weighted by Gasteiger charge is 2.57. The van der Waals surface area contributed by atoms with Gasteiger partial charge in [-0.3, -0.25) is 4.79 Å². The summed E-state index contributed by atoms with van der Waals surface area (Å²) in [4.78, 5) is 11.9. The number of rotatable bonds is 2. The molecule has 3 rings (SSSR count). The van der Waals surface area contributed by atoms with Crippen molar-refractivity contribution in [3.8, 4) is 0 Å². The number of hydrogen-bond donors (Lipinski definition) is 0. The smallest absolute Gasteiger partial charge is 0.317 e. The molecule has 0 aromatic rings. The van der Waals surface area contributed by atoms with E-state index in [1.54, 1.807) is 13.8 Å². The summed E-state index contributed by atoms with van der Waals surface area (Å²) < 4.78 is 34.0. The van der Waals surface area contributed by atoms with Crippen LogP contribution < -0.4 is 0 Å². The summed E-state index contributed by atoms with van der Waals surface area (Å²) in [6, 6.07) is 0. The first-order valence-corrected chi connectivity index (χ1v) is 7.33. The van der Waals surface area contributed by atoms with Crippen molar-refractivity contribution in [2.24, 2.45) is 5.92 Å².